The van der Waals surface area contributed by atoms with E-state index in [0.717, 1.165) is 4.90 Å². The molecule has 1 rings (SSSR count). The average Bonchev–Trinajstić information content (AvgIpc) is 2.37. The molecule has 0 saturated carbocycles. The first-order valence-corrected chi connectivity index (χ1v) is 6.10. The number of thioether (sulfide) groups is 1. The van der Waals surface area contributed by atoms with Crippen LogP contribution in [0.25, 0.3) is 0 Å². The lowest BCUT2D eigenvalue weighted by atomic mass is 10.2. The van der Waals surface area contributed by atoms with Gasteiger partial charge in [0, 0.05) is 23.7 Å². The number of nitrogens with zero attached hydrogens (tertiary/aromatic N) is 1. The van der Waals surface area contributed by atoms with Gasteiger partial charge in [-0.15, -0.1) is 24.1 Å². The number of carboxylic acid groups (broad SMARTS) is 1. The maximum absolute atomic E-state index is 11.5. The number of carboxylic acids is 1. The van der Waals surface area contributed by atoms with Gasteiger partial charge in [-0.1, -0.05) is 0 Å². The van der Waals surface area contributed by atoms with E-state index in [1.54, 1.807) is 24.5 Å². The molecule has 0 saturated heterocycles. The van der Waals surface area contributed by atoms with E-state index in [1.807, 2.05) is 0 Å². The van der Waals surface area contributed by atoms with Crippen LogP contribution in [0.15, 0.2) is 29.4 Å². The fourth-order valence-electron chi connectivity index (χ4n) is 1.14. The Morgan fingerprint density at radius 2 is 2.17 bits per heavy atom. The van der Waals surface area contributed by atoms with E-state index in [-0.39, 0.29) is 18.1 Å². The van der Waals surface area contributed by atoms with E-state index >= 15 is 0 Å². The van der Waals surface area contributed by atoms with Crippen molar-refractivity contribution >= 4 is 23.6 Å². The minimum absolute atomic E-state index is 0.0268. The summed E-state index contributed by atoms with van der Waals surface area (Å²) in [7, 11) is 0. The zero-order chi connectivity index (χ0) is 13.4. The van der Waals surface area contributed by atoms with Crippen LogP contribution < -0.4 is 5.32 Å². The number of hydrogen-bond donors (Lipinski definition) is 2. The molecule has 0 spiro atoms. The van der Waals surface area contributed by atoms with E-state index in [2.05, 4.69) is 16.2 Å². The first-order chi connectivity index (χ1) is 8.63. The van der Waals surface area contributed by atoms with Gasteiger partial charge < -0.3 is 10.4 Å². The summed E-state index contributed by atoms with van der Waals surface area (Å²) in [5.74, 6) is 0.864. The molecular weight excluding hydrogens is 252 g/mol. The van der Waals surface area contributed by atoms with Crippen molar-refractivity contribution < 1.29 is 14.7 Å². The Bertz CT molecular complexity index is 456. The predicted molar refractivity (Wildman–Crippen MR) is 68.0 cm³/mol. The van der Waals surface area contributed by atoms with E-state index in [0.29, 0.717) is 0 Å². The zero-order valence-corrected chi connectivity index (χ0v) is 10.3. The van der Waals surface area contributed by atoms with Crippen LogP contribution in [0.2, 0.25) is 0 Å². The highest BCUT2D eigenvalue weighted by molar-refractivity contribution is 8.00. The van der Waals surface area contributed by atoms with Crippen LogP contribution in [0.1, 0.15) is 6.42 Å². The second-order valence-corrected chi connectivity index (χ2v) is 4.39. The van der Waals surface area contributed by atoms with Crippen molar-refractivity contribution in [1.29, 1.82) is 0 Å². The third-order valence-corrected chi connectivity index (χ3v) is 2.99. The van der Waals surface area contributed by atoms with Gasteiger partial charge in [-0.3, -0.25) is 9.78 Å². The Morgan fingerprint density at radius 3 is 2.72 bits per heavy atom. The lowest BCUT2D eigenvalue weighted by Crippen LogP contribution is -2.41. The van der Waals surface area contributed by atoms with Gasteiger partial charge >= 0.3 is 5.97 Å². The van der Waals surface area contributed by atoms with Gasteiger partial charge in [-0.05, 0) is 12.1 Å². The number of amides is 1. The standard InChI is InChI=1S/C12H12N2O3S/c1-2-3-10(12(16)17)14-11(15)8-18-9-4-6-13-7-5-9/h1,4-7,10H,3,8H2,(H,14,15)(H,16,17). The molecule has 1 unspecified atom stereocenters. The molecule has 18 heavy (non-hydrogen) atoms. The van der Waals surface area contributed by atoms with Crippen molar-refractivity contribution in [2.24, 2.45) is 0 Å². The molecule has 1 atom stereocenters. The monoisotopic (exact) mass is 264 g/mol. The number of aromatic nitrogens is 1. The predicted octanol–water partition coefficient (Wildman–Crippen LogP) is 0.766. The minimum atomic E-state index is -1.13. The van der Waals surface area contributed by atoms with Gasteiger partial charge in [0.15, 0.2) is 0 Å². The summed E-state index contributed by atoms with van der Waals surface area (Å²) < 4.78 is 0. The van der Waals surface area contributed by atoms with Crippen LogP contribution in [0.3, 0.4) is 0 Å². The van der Waals surface area contributed by atoms with E-state index in [4.69, 9.17) is 11.5 Å². The third-order valence-electron chi connectivity index (χ3n) is 1.97. The molecule has 1 aromatic rings. The highest BCUT2D eigenvalue weighted by atomic mass is 32.2. The van der Waals surface area contributed by atoms with Gasteiger partial charge in [-0.2, -0.15) is 0 Å². The van der Waals surface area contributed by atoms with E-state index in [9.17, 15) is 9.59 Å². The smallest absolute Gasteiger partial charge is 0.327 e. The Hall–Kier alpha value is -2.00. The average molecular weight is 264 g/mol. The summed E-state index contributed by atoms with van der Waals surface area (Å²) in [6.45, 7) is 0. The number of hydrogen-bond acceptors (Lipinski definition) is 4. The van der Waals surface area contributed by atoms with Crippen molar-refractivity contribution in [3.63, 3.8) is 0 Å². The van der Waals surface area contributed by atoms with Gasteiger partial charge in [0.1, 0.15) is 6.04 Å². The second kappa shape index (κ2) is 7.35. The Kier molecular flexibility index (Phi) is 5.74. The molecule has 2 N–H and O–H groups in total. The van der Waals surface area contributed by atoms with E-state index in [1.165, 1.54) is 11.8 Å². The molecule has 1 heterocycles. The first-order valence-electron chi connectivity index (χ1n) is 5.12. The second-order valence-electron chi connectivity index (χ2n) is 3.34. The Morgan fingerprint density at radius 1 is 1.50 bits per heavy atom. The summed E-state index contributed by atoms with van der Waals surface area (Å²) in [4.78, 5) is 27.0. The van der Waals surface area contributed by atoms with Crippen molar-refractivity contribution in [3.05, 3.63) is 24.5 Å². The Labute approximate surface area is 109 Å². The number of carbonyl (C=O) groups excluding carboxylic acids is 1. The fourth-order valence-corrected chi connectivity index (χ4v) is 1.83. The molecule has 0 aliphatic rings. The SMILES string of the molecule is C#CCC(NC(=O)CSc1ccncc1)C(=O)O. The summed E-state index contributed by atoms with van der Waals surface area (Å²) >= 11 is 1.30. The molecule has 5 nitrogen and oxygen atoms in total. The summed E-state index contributed by atoms with van der Waals surface area (Å²) in [6.07, 6.45) is 8.25. The van der Waals surface area contributed by atoms with Crippen LogP contribution in [-0.4, -0.2) is 33.8 Å². The molecule has 0 aliphatic carbocycles. The molecule has 1 amide bonds. The fraction of sp³-hybridized carbons (Fsp3) is 0.250. The summed E-state index contributed by atoms with van der Waals surface area (Å²) in [5.41, 5.74) is 0. The highest BCUT2D eigenvalue weighted by Gasteiger charge is 2.18. The quantitative estimate of drug-likeness (QED) is 0.586. The third kappa shape index (κ3) is 4.89. The van der Waals surface area contributed by atoms with Gasteiger partial charge in [0.2, 0.25) is 5.91 Å². The lowest BCUT2D eigenvalue weighted by Gasteiger charge is -2.11. The largest absolute Gasteiger partial charge is 0.480 e. The number of carbonyl (C=O) groups is 2. The van der Waals surface area contributed by atoms with Gasteiger partial charge in [0.05, 0.1) is 5.75 Å². The molecule has 0 radical (unpaired) electrons. The summed E-state index contributed by atoms with van der Waals surface area (Å²) in [5, 5.41) is 11.2. The molecule has 6 heteroatoms. The topological polar surface area (TPSA) is 79.3 Å². The minimum Gasteiger partial charge on any atom is -0.480 e. The van der Waals surface area contributed by atoms with Crippen LogP contribution in [0, 0.1) is 12.3 Å². The number of rotatable bonds is 6. The van der Waals surface area contributed by atoms with Gasteiger partial charge in [-0.25, -0.2) is 4.79 Å². The van der Waals surface area contributed by atoms with Crippen LogP contribution in [0.4, 0.5) is 0 Å². The van der Waals surface area contributed by atoms with Crippen molar-refractivity contribution in [3.8, 4) is 12.3 Å². The molecule has 0 bridgehead atoms. The Balaban J connectivity index is 2.42. The van der Waals surface area contributed by atoms with E-state index < -0.39 is 12.0 Å². The lowest BCUT2D eigenvalue weighted by molar-refractivity contribution is -0.141. The molecule has 1 aromatic heterocycles. The van der Waals surface area contributed by atoms with Crippen LogP contribution in [-0.2, 0) is 9.59 Å². The molecule has 0 aromatic carbocycles. The number of nitrogens with one attached hydrogen (secondary N) is 1. The van der Waals surface area contributed by atoms with Crippen LogP contribution in [0.5, 0.6) is 0 Å². The van der Waals surface area contributed by atoms with Gasteiger partial charge in [0.25, 0.3) is 0 Å². The zero-order valence-electron chi connectivity index (χ0n) is 9.50. The maximum Gasteiger partial charge on any atom is 0.327 e. The normalized spacial score (nSPS) is 11.3. The molecule has 94 valence electrons. The first kappa shape index (κ1) is 14.1. The number of aliphatic carboxylic acids is 1. The van der Waals surface area contributed by atoms with Crippen LogP contribution >= 0.6 is 11.8 Å². The highest BCUT2D eigenvalue weighted by Crippen LogP contribution is 2.15. The molecule has 0 fully saturated rings. The molecular formula is C12H12N2O3S. The van der Waals surface area contributed by atoms with Crippen molar-refractivity contribution in [1.82, 2.24) is 10.3 Å². The van der Waals surface area contributed by atoms with Crippen molar-refractivity contribution in [2.75, 3.05) is 5.75 Å². The molecule has 0 aliphatic heterocycles. The number of pyridine rings is 1. The van der Waals surface area contributed by atoms with Crippen molar-refractivity contribution in [2.45, 2.75) is 17.4 Å². The summed E-state index contributed by atoms with van der Waals surface area (Å²) in [6, 6.07) is 2.52. The number of terminal acetylenes is 1. The maximum atomic E-state index is 11.5.